The molecule has 2 atom stereocenters. The van der Waals surface area contributed by atoms with Crippen molar-refractivity contribution in [2.75, 3.05) is 13.1 Å². The van der Waals surface area contributed by atoms with Crippen LogP contribution < -0.4 is 5.32 Å². The van der Waals surface area contributed by atoms with E-state index in [-0.39, 0.29) is 6.10 Å². The summed E-state index contributed by atoms with van der Waals surface area (Å²) in [5.74, 6) is 1.40. The fourth-order valence-corrected chi connectivity index (χ4v) is 2.09. The van der Waals surface area contributed by atoms with Gasteiger partial charge in [0.1, 0.15) is 0 Å². The topological polar surface area (TPSA) is 32.3 Å². The van der Waals surface area contributed by atoms with E-state index in [2.05, 4.69) is 5.32 Å². The molecular weight excluding hydrogens is 150 g/mol. The first-order valence-corrected chi connectivity index (χ1v) is 5.25. The highest BCUT2D eigenvalue weighted by atomic mass is 16.3. The number of hydrogen-bond acceptors (Lipinski definition) is 2. The van der Waals surface area contributed by atoms with Gasteiger partial charge >= 0.3 is 0 Å². The van der Waals surface area contributed by atoms with Crippen LogP contribution in [-0.2, 0) is 0 Å². The fraction of sp³-hybridized carbons (Fsp3) is 1.00. The van der Waals surface area contributed by atoms with Gasteiger partial charge in [-0.05, 0) is 37.6 Å². The third-order valence-electron chi connectivity index (χ3n) is 3.15. The van der Waals surface area contributed by atoms with Gasteiger partial charge in [0, 0.05) is 6.54 Å². The summed E-state index contributed by atoms with van der Waals surface area (Å²) in [4.78, 5) is 0. The van der Waals surface area contributed by atoms with Crippen molar-refractivity contribution in [1.82, 2.24) is 5.32 Å². The van der Waals surface area contributed by atoms with Gasteiger partial charge in [0.25, 0.3) is 0 Å². The molecule has 0 unspecified atom stereocenters. The number of aliphatic hydroxyl groups is 1. The molecule has 12 heavy (non-hydrogen) atoms. The Morgan fingerprint density at radius 1 is 1.33 bits per heavy atom. The van der Waals surface area contributed by atoms with Crippen LogP contribution in [0.5, 0.6) is 0 Å². The van der Waals surface area contributed by atoms with E-state index in [1.165, 1.54) is 25.7 Å². The van der Waals surface area contributed by atoms with E-state index in [9.17, 15) is 5.11 Å². The SMILES string of the molecule is O[C@@H](CC1CC1)[C@@H]1CCCNC1. The molecule has 2 heteroatoms. The van der Waals surface area contributed by atoms with E-state index in [1.54, 1.807) is 0 Å². The lowest BCUT2D eigenvalue weighted by molar-refractivity contribution is 0.0791. The van der Waals surface area contributed by atoms with Gasteiger partial charge in [-0.15, -0.1) is 0 Å². The number of nitrogens with one attached hydrogen (secondary N) is 1. The largest absolute Gasteiger partial charge is 0.393 e. The molecule has 1 saturated carbocycles. The summed E-state index contributed by atoms with van der Waals surface area (Å²) in [6, 6.07) is 0. The lowest BCUT2D eigenvalue weighted by atomic mass is 9.91. The predicted molar refractivity (Wildman–Crippen MR) is 48.9 cm³/mol. The molecule has 2 rings (SSSR count). The molecule has 2 N–H and O–H groups in total. The Labute approximate surface area is 74.4 Å². The minimum atomic E-state index is -0.0229. The van der Waals surface area contributed by atoms with Crippen molar-refractivity contribution in [2.45, 2.75) is 38.2 Å². The summed E-state index contributed by atoms with van der Waals surface area (Å²) >= 11 is 0. The Morgan fingerprint density at radius 3 is 2.75 bits per heavy atom. The highest BCUT2D eigenvalue weighted by Crippen LogP contribution is 2.35. The zero-order valence-corrected chi connectivity index (χ0v) is 7.63. The summed E-state index contributed by atoms with van der Waals surface area (Å²) in [6.07, 6.45) is 6.22. The van der Waals surface area contributed by atoms with E-state index in [0.29, 0.717) is 5.92 Å². The normalized spacial score (nSPS) is 33.2. The van der Waals surface area contributed by atoms with Crippen LogP contribution in [0.3, 0.4) is 0 Å². The molecule has 1 heterocycles. The maximum atomic E-state index is 9.84. The van der Waals surface area contributed by atoms with Crippen molar-refractivity contribution < 1.29 is 5.11 Å². The number of rotatable bonds is 3. The lowest BCUT2D eigenvalue weighted by Gasteiger charge is -2.27. The van der Waals surface area contributed by atoms with Gasteiger partial charge in [-0.25, -0.2) is 0 Å². The molecule has 0 aromatic carbocycles. The maximum Gasteiger partial charge on any atom is 0.0583 e. The van der Waals surface area contributed by atoms with Crippen molar-refractivity contribution in [3.8, 4) is 0 Å². The standard InChI is InChI=1S/C10H19NO/c12-10(6-8-3-4-8)9-2-1-5-11-7-9/h8-12H,1-7H2/t9-,10+/m1/s1. The van der Waals surface area contributed by atoms with Crippen molar-refractivity contribution in [3.63, 3.8) is 0 Å². The van der Waals surface area contributed by atoms with Crippen molar-refractivity contribution >= 4 is 0 Å². The highest BCUT2D eigenvalue weighted by Gasteiger charge is 2.29. The molecule has 1 aliphatic carbocycles. The molecule has 0 spiro atoms. The van der Waals surface area contributed by atoms with Crippen LogP contribution in [0.2, 0.25) is 0 Å². The van der Waals surface area contributed by atoms with Crippen molar-refractivity contribution in [2.24, 2.45) is 11.8 Å². The quantitative estimate of drug-likeness (QED) is 0.664. The molecule has 70 valence electrons. The van der Waals surface area contributed by atoms with Gasteiger partial charge in [-0.2, -0.15) is 0 Å². The van der Waals surface area contributed by atoms with E-state index >= 15 is 0 Å². The van der Waals surface area contributed by atoms with Gasteiger partial charge in [0.15, 0.2) is 0 Å². The molecule has 1 saturated heterocycles. The molecule has 0 aromatic rings. The number of aliphatic hydroxyl groups excluding tert-OH is 1. The number of piperidine rings is 1. The highest BCUT2D eigenvalue weighted by molar-refractivity contribution is 4.82. The molecular formula is C10H19NO. The Bertz CT molecular complexity index is 139. The molecule has 0 amide bonds. The Hall–Kier alpha value is -0.0800. The summed E-state index contributed by atoms with van der Waals surface area (Å²) in [6.45, 7) is 2.18. The summed E-state index contributed by atoms with van der Waals surface area (Å²) in [7, 11) is 0. The zero-order chi connectivity index (χ0) is 8.39. The second-order valence-electron chi connectivity index (χ2n) is 4.35. The van der Waals surface area contributed by atoms with E-state index in [4.69, 9.17) is 0 Å². The van der Waals surface area contributed by atoms with E-state index in [0.717, 1.165) is 25.4 Å². The summed E-state index contributed by atoms with van der Waals surface area (Å²) < 4.78 is 0. The first-order valence-electron chi connectivity index (χ1n) is 5.25. The second-order valence-corrected chi connectivity index (χ2v) is 4.35. The van der Waals surface area contributed by atoms with Crippen LogP contribution in [0, 0.1) is 11.8 Å². The predicted octanol–water partition coefficient (Wildman–Crippen LogP) is 1.15. The average molecular weight is 169 g/mol. The van der Waals surface area contributed by atoms with Gasteiger partial charge in [-0.3, -0.25) is 0 Å². The lowest BCUT2D eigenvalue weighted by Crippen LogP contribution is -2.36. The monoisotopic (exact) mass is 169 g/mol. The molecule has 0 radical (unpaired) electrons. The van der Waals surface area contributed by atoms with E-state index in [1.807, 2.05) is 0 Å². The van der Waals surface area contributed by atoms with Crippen molar-refractivity contribution in [1.29, 1.82) is 0 Å². The van der Waals surface area contributed by atoms with Gasteiger partial charge in [0.2, 0.25) is 0 Å². The van der Waals surface area contributed by atoms with Crippen LogP contribution in [0.4, 0.5) is 0 Å². The third-order valence-corrected chi connectivity index (χ3v) is 3.15. The second kappa shape index (κ2) is 3.75. The Balaban J connectivity index is 1.72. The Kier molecular flexibility index (Phi) is 2.66. The third kappa shape index (κ3) is 2.20. The molecule has 2 fully saturated rings. The first kappa shape index (κ1) is 8.52. The molecule has 1 aliphatic heterocycles. The van der Waals surface area contributed by atoms with Gasteiger partial charge < -0.3 is 10.4 Å². The Morgan fingerprint density at radius 2 is 2.17 bits per heavy atom. The smallest absolute Gasteiger partial charge is 0.0583 e. The minimum Gasteiger partial charge on any atom is -0.393 e. The molecule has 2 aliphatic rings. The van der Waals surface area contributed by atoms with Crippen molar-refractivity contribution in [3.05, 3.63) is 0 Å². The van der Waals surface area contributed by atoms with Crippen LogP contribution in [-0.4, -0.2) is 24.3 Å². The maximum absolute atomic E-state index is 9.84. The molecule has 0 aromatic heterocycles. The van der Waals surface area contributed by atoms with Crippen LogP contribution in [0.1, 0.15) is 32.1 Å². The molecule has 2 nitrogen and oxygen atoms in total. The van der Waals surface area contributed by atoms with Crippen LogP contribution in [0.25, 0.3) is 0 Å². The van der Waals surface area contributed by atoms with Gasteiger partial charge in [-0.1, -0.05) is 12.8 Å². The fourth-order valence-electron chi connectivity index (χ4n) is 2.09. The minimum absolute atomic E-state index is 0.0229. The van der Waals surface area contributed by atoms with Crippen LogP contribution in [0.15, 0.2) is 0 Å². The number of hydrogen-bond donors (Lipinski definition) is 2. The average Bonchev–Trinajstić information content (AvgIpc) is 2.90. The van der Waals surface area contributed by atoms with Gasteiger partial charge in [0.05, 0.1) is 6.10 Å². The summed E-state index contributed by atoms with van der Waals surface area (Å²) in [5.41, 5.74) is 0. The zero-order valence-electron chi connectivity index (χ0n) is 7.63. The van der Waals surface area contributed by atoms with E-state index < -0.39 is 0 Å². The first-order chi connectivity index (χ1) is 5.86. The van der Waals surface area contributed by atoms with Crippen LogP contribution >= 0.6 is 0 Å². The summed E-state index contributed by atoms with van der Waals surface area (Å²) in [5, 5.41) is 13.2. The molecule has 0 bridgehead atoms.